The molecule has 0 saturated carbocycles. The number of amides is 1. The van der Waals surface area contributed by atoms with Gasteiger partial charge in [0.25, 0.3) is 0 Å². The number of rotatable bonds is 3. The van der Waals surface area contributed by atoms with E-state index in [-0.39, 0.29) is 16.1 Å². The lowest BCUT2D eigenvalue weighted by molar-refractivity contribution is -0.138. The molecule has 4 nitrogen and oxygen atoms in total. The van der Waals surface area contributed by atoms with Crippen LogP contribution in [0.1, 0.15) is 18.4 Å². The highest BCUT2D eigenvalue weighted by molar-refractivity contribution is 9.10. The van der Waals surface area contributed by atoms with Crippen molar-refractivity contribution >= 4 is 44.0 Å². The Morgan fingerprint density at radius 1 is 1.42 bits per heavy atom. The van der Waals surface area contributed by atoms with Crippen LogP contribution in [0.4, 0.5) is 24.0 Å². The molecule has 1 aliphatic heterocycles. The van der Waals surface area contributed by atoms with Crippen LogP contribution < -0.4 is 10.2 Å². The molecule has 2 aromatic rings. The molecule has 0 bridgehead atoms. The lowest BCUT2D eigenvalue weighted by Gasteiger charge is -2.23. The molecule has 1 saturated heterocycles. The molecule has 1 N–H and O–H groups in total. The number of nitrogens with one attached hydrogen (secondary N) is 1. The molecule has 128 valence electrons. The number of thiazole rings is 1. The number of carbonyl (C=O) groups is 1. The van der Waals surface area contributed by atoms with E-state index in [2.05, 4.69) is 26.2 Å². The van der Waals surface area contributed by atoms with Gasteiger partial charge in [0, 0.05) is 28.3 Å². The molecule has 24 heavy (non-hydrogen) atoms. The summed E-state index contributed by atoms with van der Waals surface area (Å²) >= 11 is 4.32. The molecular weight excluding hydrogens is 407 g/mol. The second kappa shape index (κ2) is 6.72. The maximum Gasteiger partial charge on any atom is 0.417 e. The molecule has 0 unspecified atom stereocenters. The Morgan fingerprint density at radius 3 is 2.88 bits per heavy atom. The van der Waals surface area contributed by atoms with E-state index in [9.17, 15) is 18.0 Å². The van der Waals surface area contributed by atoms with Crippen LogP contribution in [0.5, 0.6) is 0 Å². The number of nitrogens with zero attached hydrogens (tertiary/aromatic N) is 2. The smallest absolute Gasteiger partial charge is 0.336 e. The number of alkyl halides is 3. The number of carbonyl (C=O) groups excluding carboxylic acids is 1. The van der Waals surface area contributed by atoms with Crippen LogP contribution in [0.2, 0.25) is 0 Å². The normalized spacial score (nSPS) is 18.0. The van der Waals surface area contributed by atoms with Crippen LogP contribution in [0.3, 0.4) is 0 Å². The van der Waals surface area contributed by atoms with Gasteiger partial charge in [-0.3, -0.25) is 4.79 Å². The standard InChI is InChI=1S/C15H13BrF3N3OS/c16-11-4-3-9(8-10(11)15(17,18)19)21-13(23)12-2-1-6-22(12)14-20-5-7-24-14/h3-5,7-8,12H,1-2,6H2,(H,21,23)/t12-/m0/s1. The van der Waals surface area contributed by atoms with Crippen molar-refractivity contribution in [1.82, 2.24) is 4.98 Å². The van der Waals surface area contributed by atoms with Gasteiger partial charge in [-0.25, -0.2) is 4.98 Å². The third-order valence-corrected chi connectivity index (χ3v) is 5.26. The molecule has 3 rings (SSSR count). The van der Waals surface area contributed by atoms with E-state index in [1.165, 1.54) is 23.5 Å². The van der Waals surface area contributed by atoms with Gasteiger partial charge in [-0.05, 0) is 31.0 Å². The lowest BCUT2D eigenvalue weighted by Crippen LogP contribution is -2.39. The first-order valence-corrected chi connectivity index (χ1v) is 8.87. The van der Waals surface area contributed by atoms with Gasteiger partial charge in [-0.1, -0.05) is 15.9 Å². The zero-order chi connectivity index (χ0) is 17.3. The summed E-state index contributed by atoms with van der Waals surface area (Å²) < 4.78 is 38.8. The average Bonchev–Trinajstić information content (AvgIpc) is 3.18. The van der Waals surface area contributed by atoms with Crippen molar-refractivity contribution < 1.29 is 18.0 Å². The molecule has 1 atom stereocenters. The quantitative estimate of drug-likeness (QED) is 0.794. The molecule has 9 heteroatoms. The first-order valence-electron chi connectivity index (χ1n) is 7.20. The van der Waals surface area contributed by atoms with Gasteiger partial charge in [0.1, 0.15) is 6.04 Å². The fraction of sp³-hybridized carbons (Fsp3) is 0.333. The molecular formula is C15H13BrF3N3OS. The lowest BCUT2D eigenvalue weighted by atomic mass is 10.1. The predicted octanol–water partition coefficient (Wildman–Crippen LogP) is 4.53. The second-order valence-electron chi connectivity index (χ2n) is 5.35. The van der Waals surface area contributed by atoms with Crippen molar-refractivity contribution in [2.24, 2.45) is 0 Å². The zero-order valence-corrected chi connectivity index (χ0v) is 14.7. The minimum absolute atomic E-state index is 0.0572. The molecule has 1 amide bonds. The van der Waals surface area contributed by atoms with Crippen LogP contribution in [0.25, 0.3) is 0 Å². The van der Waals surface area contributed by atoms with E-state index in [0.717, 1.165) is 17.6 Å². The minimum atomic E-state index is -4.49. The Bertz CT molecular complexity index is 736. The predicted molar refractivity (Wildman–Crippen MR) is 90.3 cm³/mol. The summed E-state index contributed by atoms with van der Waals surface area (Å²) in [6, 6.07) is 3.24. The van der Waals surface area contributed by atoms with E-state index in [1.807, 2.05) is 10.3 Å². The van der Waals surface area contributed by atoms with Crippen LogP contribution in [0.15, 0.2) is 34.2 Å². The van der Waals surface area contributed by atoms with Gasteiger partial charge in [-0.15, -0.1) is 11.3 Å². The Hall–Kier alpha value is -1.61. The summed E-state index contributed by atoms with van der Waals surface area (Å²) in [5.74, 6) is -0.321. The van der Waals surface area contributed by atoms with E-state index in [4.69, 9.17) is 0 Å². The molecule has 0 spiro atoms. The number of benzene rings is 1. The summed E-state index contributed by atoms with van der Waals surface area (Å²) in [4.78, 5) is 18.6. The summed E-state index contributed by atoms with van der Waals surface area (Å²) in [5, 5.41) is 5.17. The fourth-order valence-corrected chi connectivity index (χ4v) is 3.86. The topological polar surface area (TPSA) is 45.2 Å². The highest BCUT2D eigenvalue weighted by Gasteiger charge is 2.35. The van der Waals surface area contributed by atoms with E-state index in [0.29, 0.717) is 13.0 Å². The molecule has 0 radical (unpaired) electrons. The van der Waals surface area contributed by atoms with Crippen molar-refractivity contribution in [3.63, 3.8) is 0 Å². The van der Waals surface area contributed by atoms with Gasteiger partial charge < -0.3 is 10.2 Å². The van der Waals surface area contributed by atoms with Crippen molar-refractivity contribution in [2.75, 3.05) is 16.8 Å². The highest BCUT2D eigenvalue weighted by atomic mass is 79.9. The van der Waals surface area contributed by atoms with Gasteiger partial charge >= 0.3 is 6.18 Å². The van der Waals surface area contributed by atoms with Crippen LogP contribution in [0, 0.1) is 0 Å². The minimum Gasteiger partial charge on any atom is -0.336 e. The number of anilines is 2. The highest BCUT2D eigenvalue weighted by Crippen LogP contribution is 2.36. The van der Waals surface area contributed by atoms with Crippen molar-refractivity contribution in [1.29, 1.82) is 0 Å². The van der Waals surface area contributed by atoms with Crippen molar-refractivity contribution in [3.05, 3.63) is 39.8 Å². The summed E-state index contributed by atoms with van der Waals surface area (Å²) in [7, 11) is 0. The van der Waals surface area contributed by atoms with Crippen LogP contribution in [-0.4, -0.2) is 23.5 Å². The van der Waals surface area contributed by atoms with Crippen molar-refractivity contribution in [3.8, 4) is 0 Å². The van der Waals surface area contributed by atoms with Crippen molar-refractivity contribution in [2.45, 2.75) is 25.1 Å². The summed E-state index contributed by atoms with van der Waals surface area (Å²) in [6.07, 6.45) is -1.34. The summed E-state index contributed by atoms with van der Waals surface area (Å²) in [6.45, 7) is 0.708. The monoisotopic (exact) mass is 419 g/mol. The second-order valence-corrected chi connectivity index (χ2v) is 7.08. The van der Waals surface area contributed by atoms with E-state index < -0.39 is 17.8 Å². The van der Waals surface area contributed by atoms with Crippen LogP contribution in [-0.2, 0) is 11.0 Å². The number of hydrogen-bond donors (Lipinski definition) is 1. The Kier molecular flexibility index (Phi) is 4.82. The first-order chi connectivity index (χ1) is 11.4. The Morgan fingerprint density at radius 2 is 2.21 bits per heavy atom. The zero-order valence-electron chi connectivity index (χ0n) is 12.3. The Balaban J connectivity index is 1.77. The number of halogens is 4. The average molecular weight is 420 g/mol. The van der Waals surface area contributed by atoms with Gasteiger partial charge in [-0.2, -0.15) is 13.2 Å². The summed E-state index contributed by atoms with van der Waals surface area (Å²) in [5.41, 5.74) is -0.690. The van der Waals surface area contributed by atoms with Crippen LogP contribution >= 0.6 is 27.3 Å². The van der Waals surface area contributed by atoms with E-state index >= 15 is 0 Å². The third-order valence-electron chi connectivity index (χ3n) is 3.76. The van der Waals surface area contributed by atoms with E-state index in [1.54, 1.807) is 6.20 Å². The molecule has 1 aromatic carbocycles. The first kappa shape index (κ1) is 17.2. The molecule has 1 aliphatic rings. The molecule has 1 fully saturated rings. The number of aromatic nitrogens is 1. The van der Waals surface area contributed by atoms with Gasteiger partial charge in [0.2, 0.25) is 5.91 Å². The van der Waals surface area contributed by atoms with Gasteiger partial charge in [0.05, 0.1) is 5.56 Å². The van der Waals surface area contributed by atoms with Gasteiger partial charge in [0.15, 0.2) is 5.13 Å². The molecule has 2 heterocycles. The fourth-order valence-electron chi connectivity index (χ4n) is 2.67. The molecule has 0 aliphatic carbocycles. The SMILES string of the molecule is O=C(Nc1ccc(Br)c(C(F)(F)F)c1)[C@@H]1CCCN1c1nccs1. The Labute approximate surface area is 148 Å². The maximum atomic E-state index is 13.0. The molecule has 1 aromatic heterocycles. The third kappa shape index (κ3) is 3.56. The maximum absolute atomic E-state index is 13.0. The largest absolute Gasteiger partial charge is 0.417 e. The number of hydrogen-bond acceptors (Lipinski definition) is 4.